The van der Waals surface area contributed by atoms with E-state index in [9.17, 15) is 4.79 Å². The van der Waals surface area contributed by atoms with E-state index >= 15 is 0 Å². The average molecular weight is 248 g/mol. The molecular formula is C12H12N2O2S. The van der Waals surface area contributed by atoms with E-state index < -0.39 is 0 Å². The lowest BCUT2D eigenvalue weighted by Gasteiger charge is -2.24. The maximum atomic E-state index is 11.6. The third kappa shape index (κ3) is 3.22. The Balaban J connectivity index is 1.86. The number of anilines is 1. The minimum Gasteiger partial charge on any atom is -0.379 e. The predicted molar refractivity (Wildman–Crippen MR) is 66.9 cm³/mol. The van der Waals surface area contributed by atoms with Crippen LogP contribution in [0.5, 0.6) is 0 Å². The fourth-order valence-electron chi connectivity index (χ4n) is 1.38. The van der Waals surface area contributed by atoms with Gasteiger partial charge in [0.1, 0.15) is 6.07 Å². The van der Waals surface area contributed by atoms with Gasteiger partial charge in [0.25, 0.3) is 0 Å². The molecular weight excluding hydrogens is 236 g/mol. The van der Waals surface area contributed by atoms with E-state index in [4.69, 9.17) is 10.00 Å². The van der Waals surface area contributed by atoms with Crippen molar-refractivity contribution in [2.75, 3.05) is 24.3 Å². The molecule has 0 atom stereocenters. The second-order valence-corrected chi connectivity index (χ2v) is 4.96. The highest BCUT2D eigenvalue weighted by Crippen LogP contribution is 2.19. The molecule has 1 fully saturated rings. The number of thioether (sulfide) groups is 1. The molecule has 1 aliphatic rings. The maximum Gasteiger partial charge on any atom is 0.234 e. The van der Waals surface area contributed by atoms with E-state index in [-0.39, 0.29) is 5.91 Å². The molecule has 2 rings (SSSR count). The van der Waals surface area contributed by atoms with Crippen LogP contribution in [0.25, 0.3) is 0 Å². The number of rotatable bonds is 4. The van der Waals surface area contributed by atoms with Crippen LogP contribution in [0.4, 0.5) is 5.69 Å². The van der Waals surface area contributed by atoms with Crippen LogP contribution < -0.4 is 5.32 Å². The molecule has 0 aliphatic carbocycles. The number of hydrogen-bond acceptors (Lipinski definition) is 4. The number of carbonyl (C=O) groups is 1. The van der Waals surface area contributed by atoms with E-state index in [2.05, 4.69) is 5.32 Å². The summed E-state index contributed by atoms with van der Waals surface area (Å²) in [7, 11) is 0. The second-order valence-electron chi connectivity index (χ2n) is 3.68. The zero-order valence-electron chi connectivity index (χ0n) is 9.18. The average Bonchev–Trinajstić information content (AvgIpc) is 2.27. The molecule has 88 valence electrons. The van der Waals surface area contributed by atoms with Gasteiger partial charge in [-0.1, -0.05) is 12.1 Å². The van der Waals surface area contributed by atoms with Gasteiger partial charge in [0.15, 0.2) is 0 Å². The Morgan fingerprint density at radius 3 is 2.94 bits per heavy atom. The van der Waals surface area contributed by atoms with Crippen LogP contribution in [-0.4, -0.2) is 30.1 Å². The molecule has 0 aromatic heterocycles. The zero-order chi connectivity index (χ0) is 12.1. The van der Waals surface area contributed by atoms with Crippen molar-refractivity contribution in [1.82, 2.24) is 0 Å². The number of nitriles is 1. The van der Waals surface area contributed by atoms with Crippen molar-refractivity contribution in [2.45, 2.75) is 5.25 Å². The van der Waals surface area contributed by atoms with Gasteiger partial charge >= 0.3 is 0 Å². The van der Waals surface area contributed by atoms with E-state index in [1.807, 2.05) is 6.07 Å². The Morgan fingerprint density at radius 2 is 2.29 bits per heavy atom. The van der Waals surface area contributed by atoms with Crippen molar-refractivity contribution in [3.05, 3.63) is 29.8 Å². The highest BCUT2D eigenvalue weighted by atomic mass is 32.2. The van der Waals surface area contributed by atoms with Crippen LogP contribution in [0.2, 0.25) is 0 Å². The van der Waals surface area contributed by atoms with Crippen molar-refractivity contribution in [3.63, 3.8) is 0 Å². The Labute approximate surface area is 104 Å². The largest absolute Gasteiger partial charge is 0.379 e. The Kier molecular flexibility index (Phi) is 4.02. The van der Waals surface area contributed by atoms with Gasteiger partial charge in [-0.2, -0.15) is 5.26 Å². The monoisotopic (exact) mass is 248 g/mol. The minimum atomic E-state index is -0.0791. The van der Waals surface area contributed by atoms with Crippen LogP contribution in [0.3, 0.4) is 0 Å². The standard InChI is InChI=1S/C12H12N2O2S/c13-5-9-3-1-2-4-11(9)14-12(15)8-17-10-6-16-7-10/h1-4,10H,6-8H2,(H,14,15). The molecule has 1 aliphatic heterocycles. The van der Waals surface area contributed by atoms with Crippen LogP contribution in [-0.2, 0) is 9.53 Å². The van der Waals surface area contributed by atoms with E-state index in [0.717, 1.165) is 13.2 Å². The van der Waals surface area contributed by atoms with Crippen molar-refractivity contribution >= 4 is 23.4 Å². The molecule has 4 nitrogen and oxygen atoms in total. The second kappa shape index (κ2) is 5.71. The summed E-state index contributed by atoms with van der Waals surface area (Å²) in [5, 5.41) is 12.1. The molecule has 1 aromatic carbocycles. The summed E-state index contributed by atoms with van der Waals surface area (Å²) in [6.45, 7) is 1.46. The molecule has 0 bridgehead atoms. The molecule has 1 amide bonds. The SMILES string of the molecule is N#Cc1ccccc1NC(=O)CSC1COC1. The summed E-state index contributed by atoms with van der Waals surface area (Å²) in [6.07, 6.45) is 0. The van der Waals surface area contributed by atoms with Crippen LogP contribution in [0, 0.1) is 11.3 Å². The Hall–Kier alpha value is -1.51. The highest BCUT2D eigenvalue weighted by Gasteiger charge is 2.19. The molecule has 1 N–H and O–H groups in total. The molecule has 0 spiro atoms. The lowest BCUT2D eigenvalue weighted by atomic mass is 10.2. The van der Waals surface area contributed by atoms with Gasteiger partial charge in [-0.15, -0.1) is 11.8 Å². The molecule has 0 radical (unpaired) electrons. The number of carbonyl (C=O) groups excluding carboxylic acids is 1. The molecule has 17 heavy (non-hydrogen) atoms. The first kappa shape index (κ1) is 12.0. The number of para-hydroxylation sites is 1. The first-order valence-corrected chi connectivity index (χ1v) is 6.33. The predicted octanol–water partition coefficient (Wildman–Crippen LogP) is 1.63. The van der Waals surface area contributed by atoms with Crippen LogP contribution in [0.1, 0.15) is 5.56 Å². The smallest absolute Gasteiger partial charge is 0.234 e. The Bertz CT molecular complexity index is 452. The highest BCUT2D eigenvalue weighted by molar-refractivity contribution is 8.00. The third-order valence-electron chi connectivity index (χ3n) is 2.38. The van der Waals surface area contributed by atoms with Crippen molar-refractivity contribution < 1.29 is 9.53 Å². The lowest BCUT2D eigenvalue weighted by Crippen LogP contribution is -2.32. The van der Waals surface area contributed by atoms with E-state index in [1.54, 1.807) is 36.0 Å². The van der Waals surface area contributed by atoms with Crippen LogP contribution in [0.15, 0.2) is 24.3 Å². The summed E-state index contributed by atoms with van der Waals surface area (Å²) in [5.41, 5.74) is 1.06. The van der Waals surface area contributed by atoms with Gasteiger partial charge in [0.2, 0.25) is 5.91 Å². The maximum absolute atomic E-state index is 11.6. The van der Waals surface area contributed by atoms with Crippen LogP contribution >= 0.6 is 11.8 Å². The number of nitrogens with one attached hydrogen (secondary N) is 1. The molecule has 0 unspecified atom stereocenters. The minimum absolute atomic E-state index is 0.0791. The molecule has 0 saturated carbocycles. The first-order chi connectivity index (χ1) is 8.29. The van der Waals surface area contributed by atoms with Gasteiger partial charge in [-0.25, -0.2) is 0 Å². The fourth-order valence-corrected chi connectivity index (χ4v) is 2.22. The number of amides is 1. The van der Waals surface area contributed by atoms with Crippen molar-refractivity contribution in [3.8, 4) is 6.07 Å². The molecule has 1 heterocycles. The topological polar surface area (TPSA) is 62.1 Å². The Morgan fingerprint density at radius 1 is 1.53 bits per heavy atom. The van der Waals surface area contributed by atoms with Gasteiger partial charge in [-0.05, 0) is 12.1 Å². The summed E-state index contributed by atoms with van der Waals surface area (Å²) < 4.78 is 5.03. The summed E-state index contributed by atoms with van der Waals surface area (Å²) >= 11 is 1.58. The number of benzene rings is 1. The molecule has 1 aromatic rings. The quantitative estimate of drug-likeness (QED) is 0.879. The number of ether oxygens (including phenoxy) is 1. The first-order valence-electron chi connectivity index (χ1n) is 5.28. The van der Waals surface area contributed by atoms with Gasteiger partial charge in [0, 0.05) is 0 Å². The molecule has 1 saturated heterocycles. The van der Waals surface area contributed by atoms with Gasteiger partial charge in [0.05, 0.1) is 35.5 Å². The number of hydrogen-bond donors (Lipinski definition) is 1. The summed E-state index contributed by atoms with van der Waals surface area (Å²) in [4.78, 5) is 11.6. The fraction of sp³-hybridized carbons (Fsp3) is 0.333. The summed E-state index contributed by atoms with van der Waals surface area (Å²) in [6, 6.07) is 9.03. The summed E-state index contributed by atoms with van der Waals surface area (Å²) in [5.74, 6) is 0.318. The van der Waals surface area contributed by atoms with E-state index in [1.165, 1.54) is 0 Å². The zero-order valence-corrected chi connectivity index (χ0v) is 10.00. The third-order valence-corrected chi connectivity index (χ3v) is 3.55. The normalized spacial score (nSPS) is 14.8. The van der Waals surface area contributed by atoms with Gasteiger partial charge < -0.3 is 10.1 Å². The van der Waals surface area contributed by atoms with Crippen molar-refractivity contribution in [1.29, 1.82) is 5.26 Å². The van der Waals surface area contributed by atoms with Crippen molar-refractivity contribution in [2.24, 2.45) is 0 Å². The van der Waals surface area contributed by atoms with Gasteiger partial charge in [-0.3, -0.25) is 4.79 Å². The lowest BCUT2D eigenvalue weighted by molar-refractivity contribution is -0.113. The molecule has 5 heteroatoms. The number of nitrogens with zero attached hydrogens (tertiary/aromatic N) is 1. The van der Waals surface area contributed by atoms with E-state index in [0.29, 0.717) is 22.3 Å².